The number of hydrogen-bond acceptors (Lipinski definition) is 3. The first kappa shape index (κ1) is 19.9. The van der Waals surface area contributed by atoms with E-state index in [1.807, 2.05) is 19.9 Å². The van der Waals surface area contributed by atoms with Gasteiger partial charge in [-0.25, -0.2) is 0 Å². The first-order chi connectivity index (χ1) is 9.61. The lowest BCUT2D eigenvalue weighted by molar-refractivity contribution is -0.144. The monoisotopic (exact) mass is 313 g/mol. The number of carbonyl (C=O) groups is 1. The van der Waals surface area contributed by atoms with E-state index in [1.165, 1.54) is 5.56 Å². The van der Waals surface area contributed by atoms with Crippen LogP contribution in [0.15, 0.2) is 30.3 Å². The standard InChI is InChI=1S/C17H27NO2.ClH/c1-3-20-17(19)13-16(10-9-14(2)18)12-11-15-7-5-4-6-8-15;/h4-8,14,16H,3,9-13,18H2,1-2H3;1H. The van der Waals surface area contributed by atoms with Gasteiger partial charge in [0.25, 0.3) is 0 Å². The Hall–Kier alpha value is -1.06. The highest BCUT2D eigenvalue weighted by Crippen LogP contribution is 2.20. The molecule has 0 fully saturated rings. The predicted octanol–water partition coefficient (Wildman–Crippen LogP) is 3.74. The van der Waals surface area contributed by atoms with Crippen molar-refractivity contribution in [2.45, 2.75) is 52.0 Å². The fraction of sp³-hybridized carbons (Fsp3) is 0.588. The molecule has 1 aromatic rings. The smallest absolute Gasteiger partial charge is 0.306 e. The van der Waals surface area contributed by atoms with Gasteiger partial charge in [-0.2, -0.15) is 0 Å². The number of ether oxygens (including phenoxy) is 1. The molecular formula is C17H28ClNO2. The van der Waals surface area contributed by atoms with Crippen molar-refractivity contribution >= 4 is 18.4 Å². The summed E-state index contributed by atoms with van der Waals surface area (Å²) >= 11 is 0. The zero-order chi connectivity index (χ0) is 14.8. The van der Waals surface area contributed by atoms with Gasteiger partial charge in [0.2, 0.25) is 0 Å². The highest BCUT2D eigenvalue weighted by Gasteiger charge is 2.15. The Morgan fingerprint density at radius 1 is 1.19 bits per heavy atom. The number of esters is 1. The number of hydrogen-bond donors (Lipinski definition) is 1. The van der Waals surface area contributed by atoms with Gasteiger partial charge in [-0.05, 0) is 51.0 Å². The van der Waals surface area contributed by atoms with Crippen molar-refractivity contribution in [2.24, 2.45) is 11.7 Å². The zero-order valence-electron chi connectivity index (χ0n) is 13.1. The molecule has 0 bridgehead atoms. The molecule has 0 saturated carbocycles. The molecule has 0 heterocycles. The molecule has 120 valence electrons. The molecule has 0 saturated heterocycles. The van der Waals surface area contributed by atoms with Crippen LogP contribution in [0.1, 0.15) is 45.1 Å². The summed E-state index contributed by atoms with van der Waals surface area (Å²) in [7, 11) is 0. The van der Waals surface area contributed by atoms with E-state index in [-0.39, 0.29) is 24.4 Å². The molecule has 2 unspecified atom stereocenters. The summed E-state index contributed by atoms with van der Waals surface area (Å²) in [6.45, 7) is 4.31. The van der Waals surface area contributed by atoms with Crippen LogP contribution >= 0.6 is 12.4 Å². The molecule has 1 aromatic carbocycles. The van der Waals surface area contributed by atoms with E-state index < -0.39 is 0 Å². The molecule has 0 aliphatic carbocycles. The summed E-state index contributed by atoms with van der Waals surface area (Å²) in [5, 5.41) is 0. The van der Waals surface area contributed by atoms with Crippen LogP contribution in [0.25, 0.3) is 0 Å². The van der Waals surface area contributed by atoms with Crippen molar-refractivity contribution in [1.82, 2.24) is 0 Å². The van der Waals surface area contributed by atoms with Crippen molar-refractivity contribution in [3.63, 3.8) is 0 Å². The van der Waals surface area contributed by atoms with Crippen LogP contribution < -0.4 is 5.73 Å². The Kier molecular flexibility index (Phi) is 11.0. The van der Waals surface area contributed by atoms with Gasteiger partial charge in [0, 0.05) is 12.5 Å². The molecular weight excluding hydrogens is 286 g/mol. The third-order valence-electron chi connectivity index (χ3n) is 3.48. The van der Waals surface area contributed by atoms with E-state index in [1.54, 1.807) is 0 Å². The molecule has 0 radical (unpaired) electrons. The molecule has 0 aliphatic heterocycles. The molecule has 0 aliphatic rings. The number of halogens is 1. The Morgan fingerprint density at radius 2 is 1.86 bits per heavy atom. The molecule has 0 spiro atoms. The second-order valence-electron chi connectivity index (χ2n) is 5.45. The Morgan fingerprint density at radius 3 is 2.43 bits per heavy atom. The Balaban J connectivity index is 0.00000400. The van der Waals surface area contributed by atoms with Gasteiger partial charge in [-0.3, -0.25) is 4.79 Å². The lowest BCUT2D eigenvalue weighted by atomic mass is 9.91. The van der Waals surface area contributed by atoms with Crippen LogP contribution in [0.2, 0.25) is 0 Å². The zero-order valence-corrected chi connectivity index (χ0v) is 13.9. The lowest BCUT2D eigenvalue weighted by Crippen LogP contribution is -2.19. The van der Waals surface area contributed by atoms with E-state index in [9.17, 15) is 4.79 Å². The third-order valence-corrected chi connectivity index (χ3v) is 3.48. The normalized spacial score (nSPS) is 13.1. The summed E-state index contributed by atoms with van der Waals surface area (Å²) in [5.74, 6) is 0.274. The van der Waals surface area contributed by atoms with Gasteiger partial charge < -0.3 is 10.5 Å². The average Bonchev–Trinajstić information content (AvgIpc) is 2.43. The van der Waals surface area contributed by atoms with Crippen molar-refractivity contribution in [2.75, 3.05) is 6.61 Å². The van der Waals surface area contributed by atoms with Crippen LogP contribution in [0.5, 0.6) is 0 Å². The van der Waals surface area contributed by atoms with Crippen molar-refractivity contribution < 1.29 is 9.53 Å². The predicted molar refractivity (Wildman–Crippen MR) is 89.6 cm³/mol. The molecule has 1 rings (SSSR count). The number of nitrogens with two attached hydrogens (primary N) is 1. The molecule has 2 atom stereocenters. The van der Waals surface area contributed by atoms with Gasteiger partial charge in [-0.1, -0.05) is 30.3 Å². The van der Waals surface area contributed by atoms with Gasteiger partial charge in [-0.15, -0.1) is 12.4 Å². The van der Waals surface area contributed by atoms with Crippen LogP contribution in [0.3, 0.4) is 0 Å². The quantitative estimate of drug-likeness (QED) is 0.707. The van der Waals surface area contributed by atoms with E-state index in [0.717, 1.165) is 25.7 Å². The fourth-order valence-corrected chi connectivity index (χ4v) is 2.32. The van der Waals surface area contributed by atoms with Crippen LogP contribution in [-0.2, 0) is 16.0 Å². The Labute approximate surface area is 134 Å². The minimum Gasteiger partial charge on any atom is -0.466 e. The van der Waals surface area contributed by atoms with Crippen LogP contribution in [-0.4, -0.2) is 18.6 Å². The summed E-state index contributed by atoms with van der Waals surface area (Å²) in [6, 6.07) is 10.6. The fourth-order valence-electron chi connectivity index (χ4n) is 2.32. The molecule has 0 amide bonds. The average molecular weight is 314 g/mol. The molecule has 21 heavy (non-hydrogen) atoms. The molecule has 2 N–H and O–H groups in total. The van der Waals surface area contributed by atoms with Gasteiger partial charge in [0.05, 0.1) is 6.61 Å². The summed E-state index contributed by atoms with van der Waals surface area (Å²) in [6.07, 6.45) is 4.47. The number of rotatable bonds is 9. The minimum absolute atomic E-state index is 0. The second-order valence-corrected chi connectivity index (χ2v) is 5.45. The van der Waals surface area contributed by atoms with Crippen LogP contribution in [0.4, 0.5) is 0 Å². The number of aryl methyl sites for hydroxylation is 1. The molecule has 3 nitrogen and oxygen atoms in total. The maximum absolute atomic E-state index is 11.7. The minimum atomic E-state index is -0.0877. The van der Waals surface area contributed by atoms with Crippen molar-refractivity contribution in [1.29, 1.82) is 0 Å². The molecule has 0 aromatic heterocycles. The van der Waals surface area contributed by atoms with E-state index in [0.29, 0.717) is 18.9 Å². The maximum Gasteiger partial charge on any atom is 0.306 e. The topological polar surface area (TPSA) is 52.3 Å². The first-order valence-corrected chi connectivity index (χ1v) is 7.57. The third kappa shape index (κ3) is 9.48. The number of benzene rings is 1. The van der Waals surface area contributed by atoms with Crippen molar-refractivity contribution in [3.05, 3.63) is 35.9 Å². The summed E-state index contributed by atoms with van der Waals surface area (Å²) in [5.41, 5.74) is 7.14. The van der Waals surface area contributed by atoms with Crippen LogP contribution in [0, 0.1) is 5.92 Å². The number of carbonyl (C=O) groups excluding carboxylic acids is 1. The van der Waals surface area contributed by atoms with Gasteiger partial charge in [0.15, 0.2) is 0 Å². The maximum atomic E-state index is 11.7. The van der Waals surface area contributed by atoms with E-state index >= 15 is 0 Å². The van der Waals surface area contributed by atoms with E-state index in [2.05, 4.69) is 24.3 Å². The highest BCUT2D eigenvalue weighted by molar-refractivity contribution is 5.85. The first-order valence-electron chi connectivity index (χ1n) is 7.57. The summed E-state index contributed by atoms with van der Waals surface area (Å²) in [4.78, 5) is 11.7. The van der Waals surface area contributed by atoms with E-state index in [4.69, 9.17) is 10.5 Å². The molecule has 4 heteroatoms. The lowest BCUT2D eigenvalue weighted by Gasteiger charge is -2.17. The highest BCUT2D eigenvalue weighted by atomic mass is 35.5. The largest absolute Gasteiger partial charge is 0.466 e. The Bertz CT molecular complexity index is 382. The van der Waals surface area contributed by atoms with Gasteiger partial charge in [0.1, 0.15) is 0 Å². The second kappa shape index (κ2) is 11.6. The van der Waals surface area contributed by atoms with Gasteiger partial charge >= 0.3 is 5.97 Å². The SMILES string of the molecule is CCOC(=O)CC(CCc1ccccc1)CCC(C)N.Cl. The van der Waals surface area contributed by atoms with Crippen molar-refractivity contribution in [3.8, 4) is 0 Å². The summed E-state index contributed by atoms with van der Waals surface area (Å²) < 4.78 is 5.06.